The Labute approximate surface area is 116 Å². The molecule has 6 N–H and O–H groups in total. The van der Waals surface area contributed by atoms with Crippen molar-refractivity contribution in [3.63, 3.8) is 0 Å². The number of hydrazine groups is 1. The van der Waals surface area contributed by atoms with E-state index in [2.05, 4.69) is 20.7 Å². The Morgan fingerprint density at radius 3 is 2.33 bits per heavy atom. The summed E-state index contributed by atoms with van der Waals surface area (Å²) in [5, 5.41) is 2.57. The number of nitrogen functional groups attached to an aromatic ring is 2. The number of alkyl halides is 3. The third-order valence-corrected chi connectivity index (χ3v) is 2.44. The first kappa shape index (κ1) is 14.8. The molecule has 1 aromatic heterocycles. The van der Waals surface area contributed by atoms with Crippen molar-refractivity contribution in [3.8, 4) is 0 Å². The molecule has 0 radical (unpaired) electrons. The lowest BCUT2D eigenvalue weighted by Crippen LogP contribution is -2.11. The van der Waals surface area contributed by atoms with E-state index in [-0.39, 0.29) is 23.3 Å². The van der Waals surface area contributed by atoms with E-state index in [4.69, 9.17) is 11.6 Å². The molecular weight excluding hydrogens is 292 g/mol. The minimum atomic E-state index is -4.80. The van der Waals surface area contributed by atoms with Crippen molar-refractivity contribution in [2.24, 2.45) is 5.84 Å². The van der Waals surface area contributed by atoms with Crippen LogP contribution >= 0.6 is 0 Å². The number of nitrogens with zero attached hydrogens (tertiary/aromatic N) is 2. The monoisotopic (exact) mass is 302 g/mol. The zero-order chi connectivity index (χ0) is 15.6. The summed E-state index contributed by atoms with van der Waals surface area (Å²) in [6.07, 6.45) is -4.80. The van der Waals surface area contributed by atoms with Gasteiger partial charge < -0.3 is 16.5 Å². The van der Waals surface area contributed by atoms with Crippen molar-refractivity contribution in [1.82, 2.24) is 9.97 Å². The fourth-order valence-corrected chi connectivity index (χ4v) is 1.57. The topological polar surface area (TPSA) is 102 Å². The molecule has 0 aliphatic heterocycles. The quantitative estimate of drug-likeness (QED) is 0.394. The molecule has 1 heterocycles. The maximum absolute atomic E-state index is 13.2. The molecule has 0 saturated carbocycles. The van der Waals surface area contributed by atoms with Crippen LogP contribution in [0.5, 0.6) is 0 Å². The molecule has 21 heavy (non-hydrogen) atoms. The van der Waals surface area contributed by atoms with E-state index in [0.29, 0.717) is 12.1 Å². The molecule has 2 rings (SSSR count). The third-order valence-electron chi connectivity index (χ3n) is 2.44. The van der Waals surface area contributed by atoms with Gasteiger partial charge in [-0.3, -0.25) is 0 Å². The van der Waals surface area contributed by atoms with Gasteiger partial charge >= 0.3 is 6.18 Å². The lowest BCUT2D eigenvalue weighted by Gasteiger charge is -2.12. The van der Waals surface area contributed by atoms with E-state index in [1.165, 1.54) is 6.07 Å². The molecule has 0 unspecified atom stereocenters. The Hall–Kier alpha value is -2.62. The second-order valence-corrected chi connectivity index (χ2v) is 3.96. The molecule has 1 aromatic carbocycles. The highest BCUT2D eigenvalue weighted by Gasteiger charge is 2.34. The Bertz CT molecular complexity index is 658. The average Bonchev–Trinajstić information content (AvgIpc) is 2.39. The fraction of sp³-hybridized carbons (Fsp3) is 0.0909. The van der Waals surface area contributed by atoms with Crippen LogP contribution in [0.2, 0.25) is 0 Å². The van der Waals surface area contributed by atoms with Crippen molar-refractivity contribution in [2.75, 3.05) is 16.5 Å². The second-order valence-electron chi connectivity index (χ2n) is 3.96. The number of nitrogens with two attached hydrogens (primary N) is 2. The maximum atomic E-state index is 13.2. The van der Waals surface area contributed by atoms with E-state index in [0.717, 1.165) is 6.07 Å². The Morgan fingerprint density at radius 1 is 1.05 bits per heavy atom. The smallest absolute Gasteiger partial charge is 0.368 e. The van der Waals surface area contributed by atoms with Gasteiger partial charge in [0.1, 0.15) is 17.5 Å². The first-order chi connectivity index (χ1) is 9.79. The molecule has 0 aliphatic rings. The number of rotatable bonds is 3. The van der Waals surface area contributed by atoms with Crippen molar-refractivity contribution < 1.29 is 17.6 Å². The average molecular weight is 302 g/mol. The number of anilines is 4. The first-order valence-electron chi connectivity index (χ1n) is 5.54. The van der Waals surface area contributed by atoms with Gasteiger partial charge in [0.2, 0.25) is 5.95 Å². The molecule has 6 nitrogen and oxygen atoms in total. The highest BCUT2D eigenvalue weighted by molar-refractivity contribution is 5.61. The number of aromatic nitrogens is 2. The summed E-state index contributed by atoms with van der Waals surface area (Å²) in [7, 11) is 0. The fourth-order valence-electron chi connectivity index (χ4n) is 1.57. The molecule has 2 aromatic rings. The summed E-state index contributed by atoms with van der Waals surface area (Å²) in [5.74, 6) is 3.94. The van der Waals surface area contributed by atoms with Crippen LogP contribution in [0.3, 0.4) is 0 Å². The highest BCUT2D eigenvalue weighted by atomic mass is 19.4. The summed E-state index contributed by atoms with van der Waals surface area (Å²) >= 11 is 0. The number of halogens is 4. The molecule has 0 amide bonds. The zero-order valence-corrected chi connectivity index (χ0v) is 10.4. The Kier molecular flexibility index (Phi) is 3.80. The van der Waals surface area contributed by atoms with Gasteiger partial charge in [-0.05, 0) is 18.2 Å². The van der Waals surface area contributed by atoms with Gasteiger partial charge in [0.25, 0.3) is 0 Å². The van der Waals surface area contributed by atoms with Crippen LogP contribution in [-0.4, -0.2) is 9.97 Å². The first-order valence-corrected chi connectivity index (χ1v) is 5.54. The Balaban J connectivity index is 2.34. The van der Waals surface area contributed by atoms with Gasteiger partial charge in [0.05, 0.1) is 5.56 Å². The predicted octanol–water partition coefficient (Wildman–Crippen LogP) is 2.25. The summed E-state index contributed by atoms with van der Waals surface area (Å²) in [6, 6.07) is 3.80. The summed E-state index contributed by atoms with van der Waals surface area (Å²) in [4.78, 5) is 7.49. The van der Waals surface area contributed by atoms with E-state index in [9.17, 15) is 17.6 Å². The van der Waals surface area contributed by atoms with E-state index in [1.54, 1.807) is 0 Å². The Morgan fingerprint density at radius 2 is 1.71 bits per heavy atom. The standard InChI is InChI=1S/C11H10F4N6/c12-7-2-1-5(3-6(7)11(13,14)15)18-8-4-9(21-17)20-10(16)19-8/h1-4H,17H2,(H4,16,18,19,20,21). The van der Waals surface area contributed by atoms with Crippen LogP contribution in [-0.2, 0) is 6.18 Å². The van der Waals surface area contributed by atoms with Gasteiger partial charge in [0, 0.05) is 11.8 Å². The SMILES string of the molecule is NNc1cc(Nc2ccc(F)c(C(F)(F)F)c2)nc(N)n1. The molecular formula is C11H10F4N6. The van der Waals surface area contributed by atoms with Crippen molar-refractivity contribution in [1.29, 1.82) is 0 Å². The van der Waals surface area contributed by atoms with Gasteiger partial charge in [0.15, 0.2) is 0 Å². The predicted molar refractivity (Wildman–Crippen MR) is 68.9 cm³/mol. The largest absolute Gasteiger partial charge is 0.419 e. The third kappa shape index (κ3) is 3.48. The van der Waals surface area contributed by atoms with Crippen LogP contribution in [0.25, 0.3) is 0 Å². The van der Waals surface area contributed by atoms with Crippen molar-refractivity contribution in [3.05, 3.63) is 35.6 Å². The van der Waals surface area contributed by atoms with Crippen LogP contribution in [0.1, 0.15) is 5.56 Å². The van der Waals surface area contributed by atoms with Crippen LogP contribution in [0, 0.1) is 5.82 Å². The zero-order valence-electron chi connectivity index (χ0n) is 10.4. The molecule has 0 aliphatic carbocycles. The minimum Gasteiger partial charge on any atom is -0.368 e. The number of nitrogens with one attached hydrogen (secondary N) is 2. The molecule has 0 bridgehead atoms. The van der Waals surface area contributed by atoms with Crippen LogP contribution < -0.4 is 22.3 Å². The summed E-state index contributed by atoms with van der Waals surface area (Å²) in [5.41, 5.74) is 6.25. The number of hydrogen-bond acceptors (Lipinski definition) is 6. The van der Waals surface area contributed by atoms with E-state index in [1.807, 2.05) is 0 Å². The van der Waals surface area contributed by atoms with Gasteiger partial charge in [-0.15, -0.1) is 0 Å². The lowest BCUT2D eigenvalue weighted by molar-refractivity contribution is -0.139. The molecule has 10 heteroatoms. The van der Waals surface area contributed by atoms with E-state index < -0.39 is 17.6 Å². The van der Waals surface area contributed by atoms with Crippen molar-refractivity contribution >= 4 is 23.3 Å². The molecule has 0 atom stereocenters. The van der Waals surface area contributed by atoms with Gasteiger partial charge in [-0.25, -0.2) is 10.2 Å². The molecule has 0 saturated heterocycles. The van der Waals surface area contributed by atoms with E-state index >= 15 is 0 Å². The normalized spacial score (nSPS) is 11.3. The summed E-state index contributed by atoms with van der Waals surface area (Å²) < 4.78 is 51.0. The number of hydrogen-bond donors (Lipinski definition) is 4. The van der Waals surface area contributed by atoms with Gasteiger partial charge in [-0.1, -0.05) is 0 Å². The second kappa shape index (κ2) is 5.40. The lowest BCUT2D eigenvalue weighted by atomic mass is 10.2. The van der Waals surface area contributed by atoms with Crippen LogP contribution in [0.4, 0.5) is 40.8 Å². The summed E-state index contributed by atoms with van der Waals surface area (Å²) in [6.45, 7) is 0. The minimum absolute atomic E-state index is 0.00945. The number of benzene rings is 1. The highest BCUT2D eigenvalue weighted by Crippen LogP contribution is 2.33. The van der Waals surface area contributed by atoms with Gasteiger partial charge in [-0.2, -0.15) is 23.1 Å². The molecule has 0 fully saturated rings. The maximum Gasteiger partial charge on any atom is 0.419 e. The molecule has 112 valence electrons. The van der Waals surface area contributed by atoms with Crippen LogP contribution in [0.15, 0.2) is 24.3 Å². The molecule has 0 spiro atoms. The van der Waals surface area contributed by atoms with Crippen molar-refractivity contribution in [2.45, 2.75) is 6.18 Å².